The maximum atomic E-state index is 2.24. The Labute approximate surface area is 58.5 Å². The van der Waals surface area contributed by atoms with E-state index in [0.29, 0.717) is 0 Å². The van der Waals surface area contributed by atoms with Crippen LogP contribution in [0.15, 0.2) is 29.2 Å². The van der Waals surface area contributed by atoms with E-state index >= 15 is 0 Å². The first kappa shape index (κ1) is 5.12. The maximum Gasteiger partial charge on any atom is 0.234 e. The lowest BCUT2D eigenvalue weighted by Gasteiger charge is -1.83. The van der Waals surface area contributed by atoms with Crippen LogP contribution < -0.4 is 0 Å². The molecule has 0 N–H and O–H groups in total. The molecule has 1 aromatic rings. The zero-order valence-electron chi connectivity index (χ0n) is 5.00. The Bertz CT molecular complexity index is 250. The summed E-state index contributed by atoms with van der Waals surface area (Å²) in [5.41, 5.74) is 1.47. The Kier molecular flexibility index (Phi) is 1.09. The summed E-state index contributed by atoms with van der Waals surface area (Å²) in [6, 6.07) is 8.54. The molecule has 0 bridgehead atoms. The SMILES string of the molecule is C1=[S+]c2ccccc2C1. The fourth-order valence-electron chi connectivity index (χ4n) is 1.01. The second-order valence-electron chi connectivity index (χ2n) is 2.10. The van der Waals surface area contributed by atoms with Crippen molar-refractivity contribution in [3.05, 3.63) is 29.8 Å². The number of rotatable bonds is 0. The van der Waals surface area contributed by atoms with Gasteiger partial charge in [-0.05, 0) is 0 Å². The van der Waals surface area contributed by atoms with Crippen LogP contribution in [-0.2, 0) is 17.8 Å². The van der Waals surface area contributed by atoms with Gasteiger partial charge in [-0.15, -0.1) is 0 Å². The molecule has 0 aromatic heterocycles. The van der Waals surface area contributed by atoms with Gasteiger partial charge in [-0.2, -0.15) is 0 Å². The smallest absolute Gasteiger partial charge is 0.0616 e. The minimum absolute atomic E-state index is 1.14. The second-order valence-corrected chi connectivity index (χ2v) is 3.11. The summed E-state index contributed by atoms with van der Waals surface area (Å²) in [7, 11) is 0. The van der Waals surface area contributed by atoms with Crippen molar-refractivity contribution in [3.8, 4) is 0 Å². The van der Waals surface area contributed by atoms with Crippen LogP contribution in [0.4, 0.5) is 0 Å². The highest BCUT2D eigenvalue weighted by molar-refractivity contribution is 7.77. The quantitative estimate of drug-likeness (QED) is 0.373. The summed E-state index contributed by atoms with van der Waals surface area (Å²) in [5.74, 6) is 0. The van der Waals surface area contributed by atoms with Crippen LogP contribution in [0.5, 0.6) is 0 Å². The van der Waals surface area contributed by atoms with Gasteiger partial charge in [0.25, 0.3) is 0 Å². The van der Waals surface area contributed by atoms with Crippen LogP contribution in [0, 0.1) is 0 Å². The molecule has 0 spiro atoms. The normalized spacial score (nSPS) is 13.8. The van der Waals surface area contributed by atoms with Gasteiger partial charge in [0.15, 0.2) is 5.37 Å². The zero-order valence-corrected chi connectivity index (χ0v) is 5.82. The van der Waals surface area contributed by atoms with Crippen LogP contribution in [0.2, 0.25) is 0 Å². The Morgan fingerprint density at radius 3 is 3.00 bits per heavy atom. The minimum Gasteiger partial charge on any atom is -0.0616 e. The molecule has 0 fully saturated rings. The number of hydrogen-bond donors (Lipinski definition) is 0. The molecular weight excluding hydrogens is 128 g/mol. The molecule has 44 valence electrons. The fourth-order valence-corrected chi connectivity index (χ4v) is 1.91. The Morgan fingerprint density at radius 1 is 1.22 bits per heavy atom. The van der Waals surface area contributed by atoms with E-state index in [2.05, 4.69) is 29.6 Å². The molecule has 2 rings (SSSR count). The summed E-state index contributed by atoms with van der Waals surface area (Å²) in [6.45, 7) is 0. The van der Waals surface area contributed by atoms with E-state index in [4.69, 9.17) is 0 Å². The van der Waals surface area contributed by atoms with Crippen molar-refractivity contribution in [2.24, 2.45) is 0 Å². The van der Waals surface area contributed by atoms with E-state index in [-0.39, 0.29) is 0 Å². The molecule has 1 aliphatic heterocycles. The molecule has 1 heterocycles. The zero-order chi connectivity index (χ0) is 6.10. The first-order chi connectivity index (χ1) is 4.47. The molecule has 0 saturated heterocycles. The van der Waals surface area contributed by atoms with Gasteiger partial charge in [0, 0.05) is 11.6 Å². The Morgan fingerprint density at radius 2 is 2.11 bits per heavy atom. The third-order valence-corrected chi connectivity index (χ3v) is 2.47. The molecule has 0 aliphatic carbocycles. The van der Waals surface area contributed by atoms with Crippen molar-refractivity contribution >= 4 is 16.7 Å². The summed E-state index contributed by atoms with van der Waals surface area (Å²) in [4.78, 5) is 1.43. The lowest BCUT2D eigenvalue weighted by Crippen LogP contribution is -1.78. The highest BCUT2D eigenvalue weighted by Crippen LogP contribution is 2.12. The Hall–Kier alpha value is -0.690. The summed E-state index contributed by atoms with van der Waals surface area (Å²) < 4.78 is 0. The van der Waals surface area contributed by atoms with Crippen LogP contribution in [0.3, 0.4) is 0 Å². The van der Waals surface area contributed by atoms with Gasteiger partial charge in [0.05, 0.1) is 6.42 Å². The number of benzene rings is 1. The monoisotopic (exact) mass is 135 g/mol. The third-order valence-electron chi connectivity index (χ3n) is 1.49. The van der Waals surface area contributed by atoms with Gasteiger partial charge in [-0.1, -0.05) is 18.2 Å². The van der Waals surface area contributed by atoms with Crippen LogP contribution in [-0.4, -0.2) is 5.37 Å². The highest BCUT2D eigenvalue weighted by Gasteiger charge is 2.14. The molecule has 0 radical (unpaired) electrons. The Balaban J connectivity index is 2.63. The first-order valence-electron chi connectivity index (χ1n) is 3.03. The van der Waals surface area contributed by atoms with Gasteiger partial charge in [-0.3, -0.25) is 0 Å². The van der Waals surface area contributed by atoms with E-state index in [1.165, 1.54) is 10.5 Å². The van der Waals surface area contributed by atoms with E-state index in [1.54, 1.807) is 0 Å². The van der Waals surface area contributed by atoms with Crippen molar-refractivity contribution in [2.75, 3.05) is 0 Å². The lowest BCUT2D eigenvalue weighted by atomic mass is 10.2. The van der Waals surface area contributed by atoms with E-state index in [1.807, 2.05) is 11.4 Å². The minimum atomic E-state index is 1.14. The first-order valence-corrected chi connectivity index (χ1v) is 3.91. The van der Waals surface area contributed by atoms with E-state index < -0.39 is 0 Å². The maximum absolute atomic E-state index is 2.24. The highest BCUT2D eigenvalue weighted by atomic mass is 32.1. The third kappa shape index (κ3) is 0.775. The molecule has 1 heteroatoms. The van der Waals surface area contributed by atoms with Crippen molar-refractivity contribution < 1.29 is 0 Å². The standard InChI is InChI=1S/C8H7S/c1-2-4-8-7(3-1)5-6-9-8/h1-4,6H,5H2/q+1. The number of fused-ring (bicyclic) bond motifs is 1. The largest absolute Gasteiger partial charge is 0.234 e. The van der Waals surface area contributed by atoms with Crippen molar-refractivity contribution in [3.63, 3.8) is 0 Å². The fraction of sp³-hybridized carbons (Fsp3) is 0.125. The topological polar surface area (TPSA) is 0 Å². The van der Waals surface area contributed by atoms with Gasteiger partial charge in [-0.25, -0.2) is 0 Å². The van der Waals surface area contributed by atoms with Crippen LogP contribution in [0.25, 0.3) is 0 Å². The average Bonchev–Trinajstić information content (AvgIpc) is 2.33. The summed E-state index contributed by atoms with van der Waals surface area (Å²) in [6.07, 6.45) is 1.14. The molecule has 0 atom stereocenters. The van der Waals surface area contributed by atoms with Gasteiger partial charge >= 0.3 is 0 Å². The van der Waals surface area contributed by atoms with E-state index in [9.17, 15) is 0 Å². The summed E-state index contributed by atoms with van der Waals surface area (Å²) in [5, 5.41) is 2.24. The van der Waals surface area contributed by atoms with Crippen LogP contribution in [0.1, 0.15) is 5.56 Å². The van der Waals surface area contributed by atoms with E-state index in [0.717, 1.165) is 6.42 Å². The van der Waals surface area contributed by atoms with Crippen molar-refractivity contribution in [1.82, 2.24) is 0 Å². The molecule has 9 heavy (non-hydrogen) atoms. The lowest BCUT2D eigenvalue weighted by molar-refractivity contribution is 1.27. The van der Waals surface area contributed by atoms with Gasteiger partial charge < -0.3 is 0 Å². The molecule has 1 aromatic carbocycles. The molecule has 0 nitrogen and oxygen atoms in total. The number of hydrogen-bond acceptors (Lipinski definition) is 0. The molecule has 0 unspecified atom stereocenters. The molecule has 0 saturated carbocycles. The molecule has 0 amide bonds. The van der Waals surface area contributed by atoms with Crippen molar-refractivity contribution in [2.45, 2.75) is 11.3 Å². The van der Waals surface area contributed by atoms with Crippen LogP contribution >= 0.6 is 0 Å². The van der Waals surface area contributed by atoms with Crippen molar-refractivity contribution in [1.29, 1.82) is 0 Å². The molecule has 1 aliphatic rings. The predicted molar refractivity (Wildman–Crippen MR) is 41.8 cm³/mol. The summed E-state index contributed by atoms with van der Waals surface area (Å²) >= 11 is 1.84. The predicted octanol–water partition coefficient (Wildman–Crippen LogP) is 1.49. The second kappa shape index (κ2) is 1.92. The average molecular weight is 135 g/mol. The van der Waals surface area contributed by atoms with Gasteiger partial charge in [0.1, 0.15) is 0 Å². The van der Waals surface area contributed by atoms with Gasteiger partial charge in [0.2, 0.25) is 16.2 Å². The molecular formula is C8H7S+.